The first-order valence-electron chi connectivity index (χ1n) is 5.84. The lowest BCUT2D eigenvalue weighted by atomic mass is 9.84. The van der Waals surface area contributed by atoms with Gasteiger partial charge in [-0.25, -0.2) is 0 Å². The van der Waals surface area contributed by atoms with Gasteiger partial charge in [0, 0.05) is 12.6 Å². The van der Waals surface area contributed by atoms with E-state index in [1.165, 1.54) is 0 Å². The summed E-state index contributed by atoms with van der Waals surface area (Å²) < 4.78 is 38.2. The molecular weight excluding hydrogens is 215 g/mol. The molecule has 1 aliphatic rings. The number of halogens is 3. The fraction of sp³-hybridized carbons (Fsp3) is 0.833. The summed E-state index contributed by atoms with van der Waals surface area (Å²) in [5.74, 6) is -1.16. The minimum Gasteiger partial charge on any atom is -0.310 e. The Balaban J connectivity index is 2.51. The van der Waals surface area contributed by atoms with Gasteiger partial charge in [0.25, 0.3) is 0 Å². The van der Waals surface area contributed by atoms with E-state index in [2.05, 4.69) is 5.32 Å². The zero-order chi connectivity index (χ0) is 12.2. The van der Waals surface area contributed by atoms with E-state index in [1.807, 2.05) is 19.9 Å². The van der Waals surface area contributed by atoms with Crippen LogP contribution in [0.4, 0.5) is 13.2 Å². The highest BCUT2D eigenvalue weighted by Crippen LogP contribution is 2.37. The Morgan fingerprint density at radius 2 is 1.88 bits per heavy atom. The summed E-state index contributed by atoms with van der Waals surface area (Å²) in [6.07, 6.45) is 0.395. The second kappa shape index (κ2) is 5.71. The Morgan fingerprint density at radius 3 is 2.44 bits per heavy atom. The Bertz CT molecular complexity index is 241. The van der Waals surface area contributed by atoms with Crippen LogP contribution in [0.1, 0.15) is 39.5 Å². The molecule has 0 aromatic carbocycles. The Morgan fingerprint density at radius 1 is 1.25 bits per heavy atom. The first-order chi connectivity index (χ1) is 7.41. The summed E-state index contributed by atoms with van der Waals surface area (Å²) in [6, 6.07) is -0.399. The highest BCUT2D eigenvalue weighted by atomic mass is 19.4. The molecule has 94 valence electrons. The second-order valence-electron chi connectivity index (χ2n) is 4.73. The molecule has 0 amide bonds. The van der Waals surface area contributed by atoms with Crippen molar-refractivity contribution in [2.75, 3.05) is 6.54 Å². The molecule has 1 nitrogen and oxygen atoms in total. The Kier molecular flexibility index (Phi) is 4.84. The number of allylic oxidation sites excluding steroid dienone is 1. The molecule has 1 saturated carbocycles. The molecule has 0 aromatic rings. The number of rotatable bonds is 3. The molecular formula is C12H20F3N. The lowest BCUT2D eigenvalue weighted by molar-refractivity contribution is -0.188. The zero-order valence-electron chi connectivity index (χ0n) is 9.90. The monoisotopic (exact) mass is 235 g/mol. The number of hydrogen-bond donors (Lipinski definition) is 1. The molecule has 0 aliphatic heterocycles. The quantitative estimate of drug-likeness (QED) is 0.736. The van der Waals surface area contributed by atoms with Crippen LogP contribution in [0.3, 0.4) is 0 Å². The van der Waals surface area contributed by atoms with Gasteiger partial charge in [-0.15, -0.1) is 0 Å². The lowest BCUT2D eigenvalue weighted by Gasteiger charge is -2.33. The van der Waals surface area contributed by atoms with Crippen LogP contribution in [0, 0.1) is 5.92 Å². The summed E-state index contributed by atoms with van der Waals surface area (Å²) in [5.41, 5.74) is 1.13. The van der Waals surface area contributed by atoms with Crippen molar-refractivity contribution in [2.24, 2.45) is 5.92 Å². The van der Waals surface area contributed by atoms with Gasteiger partial charge < -0.3 is 5.32 Å². The van der Waals surface area contributed by atoms with Crippen LogP contribution in [-0.2, 0) is 0 Å². The third kappa shape index (κ3) is 4.16. The van der Waals surface area contributed by atoms with Gasteiger partial charge in [0.1, 0.15) is 0 Å². The molecule has 2 atom stereocenters. The Labute approximate surface area is 95.1 Å². The summed E-state index contributed by atoms with van der Waals surface area (Å²) in [6.45, 7) is 4.44. The first-order valence-corrected chi connectivity index (χ1v) is 5.84. The molecule has 4 heteroatoms. The molecule has 16 heavy (non-hydrogen) atoms. The van der Waals surface area contributed by atoms with E-state index in [9.17, 15) is 13.2 Å². The van der Waals surface area contributed by atoms with E-state index in [1.54, 1.807) is 0 Å². The van der Waals surface area contributed by atoms with E-state index in [-0.39, 0.29) is 6.42 Å². The van der Waals surface area contributed by atoms with Crippen LogP contribution in [0.2, 0.25) is 0 Å². The van der Waals surface area contributed by atoms with E-state index in [0.717, 1.165) is 12.0 Å². The van der Waals surface area contributed by atoms with Gasteiger partial charge in [0.05, 0.1) is 5.92 Å². The standard InChI is InChI=1S/C12H20F3N/c1-9(2)7-8-16-11-6-4-3-5-10(11)12(13,14)15/h7,10-11,16H,3-6,8H2,1-2H3/t10-,11-/m0/s1. The van der Waals surface area contributed by atoms with E-state index in [4.69, 9.17) is 0 Å². The number of alkyl halides is 3. The highest BCUT2D eigenvalue weighted by molar-refractivity contribution is 4.96. The molecule has 0 radical (unpaired) electrons. The predicted molar refractivity (Wildman–Crippen MR) is 59.2 cm³/mol. The van der Waals surface area contributed by atoms with Gasteiger partial charge >= 0.3 is 6.18 Å². The smallest absolute Gasteiger partial charge is 0.310 e. The molecule has 0 saturated heterocycles. The van der Waals surface area contributed by atoms with Crippen LogP contribution >= 0.6 is 0 Å². The summed E-state index contributed by atoms with van der Waals surface area (Å²) in [5, 5.41) is 3.01. The molecule has 0 bridgehead atoms. The number of hydrogen-bond acceptors (Lipinski definition) is 1. The maximum Gasteiger partial charge on any atom is 0.393 e. The largest absolute Gasteiger partial charge is 0.393 e. The lowest BCUT2D eigenvalue weighted by Crippen LogP contribution is -2.45. The van der Waals surface area contributed by atoms with Gasteiger partial charge in [-0.2, -0.15) is 13.2 Å². The summed E-state index contributed by atoms with van der Waals surface area (Å²) in [7, 11) is 0. The molecule has 1 aliphatic carbocycles. The van der Waals surface area contributed by atoms with Crippen LogP contribution in [0.25, 0.3) is 0 Å². The maximum atomic E-state index is 12.7. The summed E-state index contributed by atoms with van der Waals surface area (Å²) in [4.78, 5) is 0. The average Bonchev–Trinajstić information content (AvgIpc) is 2.16. The van der Waals surface area contributed by atoms with Crippen molar-refractivity contribution >= 4 is 0 Å². The van der Waals surface area contributed by atoms with Crippen molar-refractivity contribution in [2.45, 2.75) is 51.7 Å². The Hall–Kier alpha value is -0.510. The van der Waals surface area contributed by atoms with Gasteiger partial charge in [-0.3, -0.25) is 0 Å². The minimum atomic E-state index is -4.05. The van der Waals surface area contributed by atoms with Crippen molar-refractivity contribution in [3.8, 4) is 0 Å². The van der Waals surface area contributed by atoms with Crippen LogP contribution < -0.4 is 5.32 Å². The van der Waals surface area contributed by atoms with Crippen LogP contribution in [0.15, 0.2) is 11.6 Å². The molecule has 0 aromatic heterocycles. The van der Waals surface area contributed by atoms with Gasteiger partial charge in [0.15, 0.2) is 0 Å². The fourth-order valence-corrected chi connectivity index (χ4v) is 2.18. The highest BCUT2D eigenvalue weighted by Gasteiger charge is 2.45. The van der Waals surface area contributed by atoms with E-state index in [0.29, 0.717) is 19.4 Å². The molecule has 0 spiro atoms. The van der Waals surface area contributed by atoms with Crippen molar-refractivity contribution in [3.63, 3.8) is 0 Å². The SMILES string of the molecule is CC(C)=CCN[C@H]1CCCC[C@@H]1C(F)(F)F. The van der Waals surface area contributed by atoms with E-state index < -0.39 is 18.1 Å². The van der Waals surface area contributed by atoms with Gasteiger partial charge in [-0.1, -0.05) is 24.5 Å². The van der Waals surface area contributed by atoms with E-state index >= 15 is 0 Å². The van der Waals surface area contributed by atoms with Crippen molar-refractivity contribution in [1.82, 2.24) is 5.32 Å². The normalized spacial score (nSPS) is 26.6. The fourth-order valence-electron chi connectivity index (χ4n) is 2.18. The topological polar surface area (TPSA) is 12.0 Å². The summed E-state index contributed by atoms with van der Waals surface area (Å²) >= 11 is 0. The molecule has 0 heterocycles. The average molecular weight is 235 g/mol. The van der Waals surface area contributed by atoms with Crippen LogP contribution in [0.5, 0.6) is 0 Å². The van der Waals surface area contributed by atoms with Gasteiger partial charge in [-0.05, 0) is 26.7 Å². The maximum absolute atomic E-state index is 12.7. The molecule has 1 N–H and O–H groups in total. The first kappa shape index (κ1) is 13.6. The second-order valence-corrected chi connectivity index (χ2v) is 4.73. The van der Waals surface area contributed by atoms with Crippen molar-refractivity contribution < 1.29 is 13.2 Å². The zero-order valence-corrected chi connectivity index (χ0v) is 9.90. The predicted octanol–water partition coefficient (Wildman–Crippen LogP) is 3.66. The van der Waals surface area contributed by atoms with Crippen LogP contribution in [-0.4, -0.2) is 18.8 Å². The molecule has 1 fully saturated rings. The third-order valence-electron chi connectivity index (χ3n) is 3.08. The number of nitrogens with one attached hydrogen (secondary N) is 1. The molecule has 0 unspecified atom stereocenters. The third-order valence-corrected chi connectivity index (χ3v) is 3.08. The van der Waals surface area contributed by atoms with Crippen molar-refractivity contribution in [3.05, 3.63) is 11.6 Å². The van der Waals surface area contributed by atoms with Crippen molar-refractivity contribution in [1.29, 1.82) is 0 Å². The minimum absolute atomic E-state index is 0.274. The van der Waals surface area contributed by atoms with Gasteiger partial charge in [0.2, 0.25) is 0 Å². The molecule has 1 rings (SSSR count).